The van der Waals surface area contributed by atoms with Crippen molar-refractivity contribution in [3.63, 3.8) is 0 Å². The van der Waals surface area contributed by atoms with Crippen molar-refractivity contribution in [2.24, 2.45) is 5.92 Å². The van der Waals surface area contributed by atoms with Crippen molar-refractivity contribution < 1.29 is 14.6 Å². The second-order valence-corrected chi connectivity index (χ2v) is 5.05. The van der Waals surface area contributed by atoms with E-state index in [2.05, 4.69) is 0 Å². The van der Waals surface area contributed by atoms with E-state index >= 15 is 0 Å². The molecule has 1 N–H and O–H groups in total. The van der Waals surface area contributed by atoms with Gasteiger partial charge >= 0.3 is 5.97 Å². The number of hydrogen-bond donors (Lipinski definition) is 1. The molecule has 0 aliphatic heterocycles. The van der Waals surface area contributed by atoms with E-state index in [1.165, 1.54) is 19.3 Å². The third-order valence-electron chi connectivity index (χ3n) is 3.50. The number of carbonyl (C=O) groups excluding carboxylic acids is 1. The maximum Gasteiger partial charge on any atom is 0.336 e. The lowest BCUT2D eigenvalue weighted by Gasteiger charge is -2.21. The highest BCUT2D eigenvalue weighted by molar-refractivity contribution is 5.89. The lowest BCUT2D eigenvalue weighted by molar-refractivity contribution is -0.139. The molecule has 1 aliphatic rings. The molecule has 0 aromatic heterocycles. The normalized spacial score (nSPS) is 19.6. The van der Waals surface area contributed by atoms with Crippen LogP contribution in [0.3, 0.4) is 0 Å². The Morgan fingerprint density at radius 1 is 1.33 bits per heavy atom. The van der Waals surface area contributed by atoms with Crippen LogP contribution in [0.25, 0.3) is 0 Å². The van der Waals surface area contributed by atoms with Gasteiger partial charge in [-0.1, -0.05) is 38.7 Å². The first-order valence-corrected chi connectivity index (χ1v) is 7.25. The predicted octanol–water partition coefficient (Wildman–Crippen LogP) is 3.22. The molecule has 18 heavy (non-hydrogen) atoms. The summed E-state index contributed by atoms with van der Waals surface area (Å²) in [7, 11) is 0. The third-order valence-corrected chi connectivity index (χ3v) is 3.50. The zero-order valence-electron chi connectivity index (χ0n) is 11.7. The van der Waals surface area contributed by atoms with Crippen molar-refractivity contribution >= 4 is 5.97 Å². The summed E-state index contributed by atoms with van der Waals surface area (Å²) in [5, 5.41) is 10.1. The molecule has 0 radical (unpaired) electrons. The van der Waals surface area contributed by atoms with E-state index in [4.69, 9.17) is 4.74 Å². The highest BCUT2D eigenvalue weighted by Crippen LogP contribution is 2.27. The SMILES string of the molecule is CCCC(O)C(=CC1CCCCC1)C(=O)OCC. The highest BCUT2D eigenvalue weighted by Gasteiger charge is 2.22. The Morgan fingerprint density at radius 3 is 2.56 bits per heavy atom. The number of aliphatic hydroxyl groups is 1. The second-order valence-electron chi connectivity index (χ2n) is 5.05. The smallest absolute Gasteiger partial charge is 0.336 e. The van der Waals surface area contributed by atoms with Crippen LogP contribution in [0.4, 0.5) is 0 Å². The molecule has 0 aromatic rings. The molecular formula is C15H26O3. The molecule has 0 amide bonds. The molecular weight excluding hydrogens is 228 g/mol. The van der Waals surface area contributed by atoms with Gasteiger partial charge in [0.15, 0.2) is 0 Å². The molecule has 1 saturated carbocycles. The average Bonchev–Trinajstić information content (AvgIpc) is 2.37. The van der Waals surface area contributed by atoms with Crippen LogP contribution in [0.1, 0.15) is 58.8 Å². The standard InChI is InChI=1S/C15H26O3/c1-3-8-14(16)13(15(17)18-4-2)11-12-9-6-5-7-10-12/h11-12,14,16H,3-10H2,1-2H3. The van der Waals surface area contributed by atoms with E-state index in [0.29, 0.717) is 24.5 Å². The Morgan fingerprint density at radius 2 is 2.00 bits per heavy atom. The summed E-state index contributed by atoms with van der Waals surface area (Å²) >= 11 is 0. The molecule has 1 fully saturated rings. The van der Waals surface area contributed by atoms with E-state index in [1.54, 1.807) is 6.92 Å². The van der Waals surface area contributed by atoms with E-state index < -0.39 is 6.10 Å². The van der Waals surface area contributed by atoms with E-state index in [1.807, 2.05) is 13.0 Å². The summed E-state index contributed by atoms with van der Waals surface area (Å²) in [6, 6.07) is 0. The molecule has 1 unspecified atom stereocenters. The number of carbonyl (C=O) groups is 1. The first kappa shape index (κ1) is 15.2. The molecule has 3 nitrogen and oxygen atoms in total. The minimum absolute atomic E-state index is 0.343. The van der Waals surface area contributed by atoms with Crippen LogP contribution >= 0.6 is 0 Å². The van der Waals surface area contributed by atoms with Crippen molar-refractivity contribution in [2.75, 3.05) is 6.61 Å². The summed E-state index contributed by atoms with van der Waals surface area (Å²) in [5.74, 6) is 0.0914. The van der Waals surface area contributed by atoms with Crippen LogP contribution in [0.2, 0.25) is 0 Å². The molecule has 1 atom stereocenters. The fourth-order valence-electron chi connectivity index (χ4n) is 2.51. The fourth-order valence-corrected chi connectivity index (χ4v) is 2.51. The van der Waals surface area contributed by atoms with Crippen LogP contribution < -0.4 is 0 Å². The topological polar surface area (TPSA) is 46.5 Å². The lowest BCUT2D eigenvalue weighted by Crippen LogP contribution is -2.22. The third kappa shape index (κ3) is 4.81. The van der Waals surface area contributed by atoms with E-state index in [9.17, 15) is 9.90 Å². The summed E-state index contributed by atoms with van der Waals surface area (Å²) in [6.07, 6.45) is 8.77. The number of ether oxygens (including phenoxy) is 1. The van der Waals surface area contributed by atoms with Crippen LogP contribution in [0.15, 0.2) is 11.6 Å². The van der Waals surface area contributed by atoms with Crippen molar-refractivity contribution in [1.29, 1.82) is 0 Å². The van der Waals surface area contributed by atoms with E-state index in [-0.39, 0.29) is 5.97 Å². The maximum absolute atomic E-state index is 11.9. The molecule has 104 valence electrons. The average molecular weight is 254 g/mol. The number of allylic oxidation sites excluding steroid dienone is 1. The molecule has 0 spiro atoms. The lowest BCUT2D eigenvalue weighted by atomic mass is 9.87. The van der Waals surface area contributed by atoms with Crippen molar-refractivity contribution in [3.8, 4) is 0 Å². The number of aliphatic hydroxyl groups excluding tert-OH is 1. The molecule has 0 heterocycles. The number of hydrogen-bond acceptors (Lipinski definition) is 3. The Kier molecular flexibility index (Phi) is 7.02. The summed E-state index contributed by atoms with van der Waals surface area (Å²) in [6.45, 7) is 4.16. The summed E-state index contributed by atoms with van der Waals surface area (Å²) in [5.41, 5.74) is 0.477. The molecule has 0 saturated heterocycles. The Balaban J connectivity index is 2.73. The van der Waals surface area contributed by atoms with E-state index in [0.717, 1.165) is 19.3 Å². The second kappa shape index (κ2) is 8.30. The van der Waals surface area contributed by atoms with Crippen molar-refractivity contribution in [2.45, 2.75) is 64.9 Å². The van der Waals surface area contributed by atoms with Gasteiger partial charge in [-0.25, -0.2) is 4.79 Å². The summed E-state index contributed by atoms with van der Waals surface area (Å²) < 4.78 is 5.05. The molecule has 0 aromatic carbocycles. The first-order valence-electron chi connectivity index (χ1n) is 7.25. The monoisotopic (exact) mass is 254 g/mol. The first-order chi connectivity index (χ1) is 8.69. The van der Waals surface area contributed by atoms with Crippen LogP contribution in [-0.4, -0.2) is 23.8 Å². The Bertz CT molecular complexity index is 277. The molecule has 3 heteroatoms. The Hall–Kier alpha value is -0.830. The van der Waals surface area contributed by atoms with Crippen molar-refractivity contribution in [3.05, 3.63) is 11.6 Å². The van der Waals surface area contributed by atoms with Crippen LogP contribution in [-0.2, 0) is 9.53 Å². The van der Waals surface area contributed by atoms with Gasteiger partial charge in [0.25, 0.3) is 0 Å². The summed E-state index contributed by atoms with van der Waals surface area (Å²) in [4.78, 5) is 11.9. The van der Waals surface area contributed by atoms with Gasteiger partial charge in [0.1, 0.15) is 0 Å². The number of rotatable bonds is 6. The zero-order chi connectivity index (χ0) is 13.4. The minimum atomic E-state index is -0.670. The fraction of sp³-hybridized carbons (Fsp3) is 0.800. The van der Waals surface area contributed by atoms with Crippen molar-refractivity contribution in [1.82, 2.24) is 0 Å². The Labute approximate surface area is 110 Å². The van der Waals surface area contributed by atoms with Gasteiger partial charge in [0.2, 0.25) is 0 Å². The molecule has 1 rings (SSSR count). The minimum Gasteiger partial charge on any atom is -0.463 e. The quantitative estimate of drug-likeness (QED) is 0.585. The zero-order valence-corrected chi connectivity index (χ0v) is 11.7. The molecule has 1 aliphatic carbocycles. The van der Waals surface area contributed by atoms with Gasteiger partial charge in [0.05, 0.1) is 18.3 Å². The molecule has 0 bridgehead atoms. The van der Waals surface area contributed by atoms with Gasteiger partial charge in [-0.3, -0.25) is 0 Å². The highest BCUT2D eigenvalue weighted by atomic mass is 16.5. The predicted molar refractivity (Wildman–Crippen MR) is 72.2 cm³/mol. The largest absolute Gasteiger partial charge is 0.463 e. The van der Waals surface area contributed by atoms with Gasteiger partial charge < -0.3 is 9.84 Å². The van der Waals surface area contributed by atoms with Gasteiger partial charge in [0, 0.05) is 0 Å². The van der Waals surface area contributed by atoms with Crippen LogP contribution in [0.5, 0.6) is 0 Å². The van der Waals surface area contributed by atoms with Gasteiger partial charge in [-0.15, -0.1) is 0 Å². The van der Waals surface area contributed by atoms with Crippen LogP contribution in [0, 0.1) is 5.92 Å². The van der Waals surface area contributed by atoms with Gasteiger partial charge in [-0.05, 0) is 32.1 Å². The maximum atomic E-state index is 11.9. The van der Waals surface area contributed by atoms with Gasteiger partial charge in [-0.2, -0.15) is 0 Å². The number of esters is 1.